The van der Waals surface area contributed by atoms with Crippen molar-refractivity contribution < 1.29 is 5.11 Å². The van der Waals surface area contributed by atoms with E-state index in [0.717, 1.165) is 31.4 Å². The van der Waals surface area contributed by atoms with Gasteiger partial charge in [-0.2, -0.15) is 0 Å². The van der Waals surface area contributed by atoms with Gasteiger partial charge in [0.05, 0.1) is 0 Å². The predicted octanol–water partition coefficient (Wildman–Crippen LogP) is 1.80. The minimum Gasteiger partial charge on any atom is -0.508 e. The normalized spacial score (nSPS) is 17.5. The lowest BCUT2D eigenvalue weighted by molar-refractivity contribution is 0.384. The average molecular weight is 234 g/mol. The summed E-state index contributed by atoms with van der Waals surface area (Å²) in [7, 11) is 4.02. The molecule has 1 aromatic carbocycles. The molecule has 17 heavy (non-hydrogen) atoms. The summed E-state index contributed by atoms with van der Waals surface area (Å²) in [5.74, 6) is 0.391. The van der Waals surface area contributed by atoms with Crippen LogP contribution in [0.4, 0.5) is 0 Å². The lowest BCUT2D eigenvalue weighted by atomic mass is 9.95. The lowest BCUT2D eigenvalue weighted by Crippen LogP contribution is -2.25. The molecule has 0 radical (unpaired) electrons. The number of hydrogen-bond donors (Lipinski definition) is 2. The zero-order valence-electron chi connectivity index (χ0n) is 11.0. The quantitative estimate of drug-likeness (QED) is 0.835. The number of phenolic OH excluding ortho intramolecular Hbond substituents is 1. The molecule has 3 N–H and O–H groups in total. The smallest absolute Gasteiger partial charge is 0.120 e. The average Bonchev–Trinajstić information content (AvgIpc) is 2.96. The van der Waals surface area contributed by atoms with E-state index in [9.17, 15) is 5.11 Å². The number of nitrogens with two attached hydrogens (primary N) is 1. The largest absolute Gasteiger partial charge is 0.508 e. The van der Waals surface area contributed by atoms with Gasteiger partial charge >= 0.3 is 0 Å². The van der Waals surface area contributed by atoms with Crippen LogP contribution >= 0.6 is 0 Å². The van der Waals surface area contributed by atoms with Gasteiger partial charge in [0.15, 0.2) is 0 Å². The number of benzene rings is 1. The van der Waals surface area contributed by atoms with Gasteiger partial charge in [-0.25, -0.2) is 0 Å². The minimum atomic E-state index is 0.0249. The number of phenols is 1. The minimum absolute atomic E-state index is 0.0249. The summed E-state index contributed by atoms with van der Waals surface area (Å²) < 4.78 is 0. The van der Waals surface area contributed by atoms with Gasteiger partial charge in [-0.1, -0.05) is 6.07 Å². The molecule has 1 aliphatic carbocycles. The van der Waals surface area contributed by atoms with Gasteiger partial charge in [-0.15, -0.1) is 0 Å². The molecule has 2 rings (SSSR count). The second-order valence-corrected chi connectivity index (χ2v) is 5.62. The fourth-order valence-corrected chi connectivity index (χ4v) is 2.21. The summed E-state index contributed by atoms with van der Waals surface area (Å²) in [6.07, 6.45) is 3.17. The third-order valence-corrected chi connectivity index (χ3v) is 3.59. The maximum atomic E-state index is 9.92. The first kappa shape index (κ1) is 12.4. The molecule has 0 atom stereocenters. The highest BCUT2D eigenvalue weighted by atomic mass is 16.3. The van der Waals surface area contributed by atoms with Crippen molar-refractivity contribution in [1.82, 2.24) is 4.90 Å². The van der Waals surface area contributed by atoms with Crippen LogP contribution in [0.25, 0.3) is 0 Å². The molecule has 0 unspecified atom stereocenters. The van der Waals surface area contributed by atoms with Crippen molar-refractivity contribution in [3.8, 4) is 5.75 Å². The summed E-state index contributed by atoms with van der Waals surface area (Å²) >= 11 is 0. The Labute approximate surface area is 103 Å². The van der Waals surface area contributed by atoms with Crippen LogP contribution in [0.1, 0.15) is 29.5 Å². The maximum absolute atomic E-state index is 9.92. The van der Waals surface area contributed by atoms with Gasteiger partial charge in [0.2, 0.25) is 0 Å². The fraction of sp³-hybridized carbons (Fsp3) is 0.571. The zero-order chi connectivity index (χ0) is 12.6. The van der Waals surface area contributed by atoms with Crippen LogP contribution in [0.5, 0.6) is 5.75 Å². The Bertz CT molecular complexity index is 422. The Kier molecular flexibility index (Phi) is 3.15. The summed E-state index contributed by atoms with van der Waals surface area (Å²) in [5, 5.41) is 9.92. The summed E-state index contributed by atoms with van der Waals surface area (Å²) in [4.78, 5) is 2.07. The zero-order valence-corrected chi connectivity index (χ0v) is 11.0. The third-order valence-electron chi connectivity index (χ3n) is 3.59. The van der Waals surface area contributed by atoms with Crippen LogP contribution in [0.3, 0.4) is 0 Å². The Morgan fingerprint density at radius 2 is 2.00 bits per heavy atom. The molecule has 0 heterocycles. The van der Waals surface area contributed by atoms with E-state index in [-0.39, 0.29) is 5.54 Å². The van der Waals surface area contributed by atoms with Crippen molar-refractivity contribution in [2.75, 3.05) is 14.1 Å². The maximum Gasteiger partial charge on any atom is 0.120 e. The van der Waals surface area contributed by atoms with Gasteiger partial charge in [0.25, 0.3) is 0 Å². The van der Waals surface area contributed by atoms with E-state index in [0.29, 0.717) is 5.75 Å². The van der Waals surface area contributed by atoms with E-state index in [1.165, 1.54) is 11.1 Å². The Balaban J connectivity index is 2.28. The molecule has 1 aromatic rings. The number of rotatable bonds is 4. The fourth-order valence-electron chi connectivity index (χ4n) is 2.21. The second kappa shape index (κ2) is 4.31. The van der Waals surface area contributed by atoms with E-state index < -0.39 is 0 Å². The summed E-state index contributed by atoms with van der Waals surface area (Å²) in [6, 6.07) is 3.81. The number of nitrogens with zero attached hydrogens (tertiary/aromatic N) is 1. The number of hydrogen-bond acceptors (Lipinski definition) is 3. The van der Waals surface area contributed by atoms with Crippen molar-refractivity contribution in [2.24, 2.45) is 5.73 Å². The van der Waals surface area contributed by atoms with E-state index in [1.54, 1.807) is 6.07 Å². The molecule has 94 valence electrons. The van der Waals surface area contributed by atoms with E-state index >= 15 is 0 Å². The first-order valence-electron chi connectivity index (χ1n) is 6.15. The lowest BCUT2D eigenvalue weighted by Gasteiger charge is -2.18. The number of aromatic hydroxyl groups is 1. The SMILES string of the molecule is Cc1c(CC2(N)CC2)ccc(O)c1CN(C)C. The van der Waals surface area contributed by atoms with E-state index in [2.05, 4.69) is 11.8 Å². The van der Waals surface area contributed by atoms with Crippen LogP contribution in [0.15, 0.2) is 12.1 Å². The van der Waals surface area contributed by atoms with E-state index in [4.69, 9.17) is 5.73 Å². The predicted molar refractivity (Wildman–Crippen MR) is 70.1 cm³/mol. The van der Waals surface area contributed by atoms with Gasteiger partial charge in [0.1, 0.15) is 5.75 Å². The second-order valence-electron chi connectivity index (χ2n) is 5.62. The molecule has 0 saturated heterocycles. The Morgan fingerprint density at radius 3 is 2.53 bits per heavy atom. The monoisotopic (exact) mass is 234 g/mol. The molecule has 1 aliphatic rings. The molecule has 0 aromatic heterocycles. The molecule has 0 spiro atoms. The third kappa shape index (κ3) is 2.79. The molecule has 1 saturated carbocycles. The van der Waals surface area contributed by atoms with Gasteiger partial charge < -0.3 is 15.7 Å². The first-order valence-corrected chi connectivity index (χ1v) is 6.15. The van der Waals surface area contributed by atoms with Crippen LogP contribution in [-0.2, 0) is 13.0 Å². The van der Waals surface area contributed by atoms with Crippen LogP contribution in [0, 0.1) is 6.92 Å². The topological polar surface area (TPSA) is 49.5 Å². The van der Waals surface area contributed by atoms with Crippen LogP contribution in [0.2, 0.25) is 0 Å². The van der Waals surface area contributed by atoms with Crippen LogP contribution in [-0.4, -0.2) is 29.6 Å². The molecule has 0 amide bonds. The molecule has 0 aliphatic heterocycles. The Hall–Kier alpha value is -1.06. The Morgan fingerprint density at radius 1 is 1.35 bits per heavy atom. The van der Waals surface area contributed by atoms with Gasteiger partial charge in [-0.3, -0.25) is 0 Å². The molecule has 0 bridgehead atoms. The molecule has 3 heteroatoms. The van der Waals surface area contributed by atoms with E-state index in [1.807, 2.05) is 20.2 Å². The van der Waals surface area contributed by atoms with Crippen LogP contribution < -0.4 is 5.73 Å². The van der Waals surface area contributed by atoms with Gasteiger partial charge in [-0.05, 0) is 57.5 Å². The van der Waals surface area contributed by atoms with Crippen molar-refractivity contribution in [2.45, 2.75) is 38.3 Å². The van der Waals surface area contributed by atoms with Crippen molar-refractivity contribution in [3.05, 3.63) is 28.8 Å². The van der Waals surface area contributed by atoms with Gasteiger partial charge in [0, 0.05) is 17.6 Å². The van der Waals surface area contributed by atoms with Crippen molar-refractivity contribution in [3.63, 3.8) is 0 Å². The molecular weight excluding hydrogens is 212 g/mol. The first-order chi connectivity index (χ1) is 7.91. The highest BCUT2D eigenvalue weighted by molar-refractivity contribution is 5.44. The molecule has 3 nitrogen and oxygen atoms in total. The highest BCUT2D eigenvalue weighted by Crippen LogP contribution is 2.37. The highest BCUT2D eigenvalue weighted by Gasteiger charge is 2.38. The summed E-state index contributed by atoms with van der Waals surface area (Å²) in [6.45, 7) is 2.85. The van der Waals surface area contributed by atoms with Crippen molar-refractivity contribution >= 4 is 0 Å². The standard InChI is InChI=1S/C14H22N2O/c1-10-11(8-14(15)6-7-14)4-5-13(17)12(10)9-16(2)3/h4-5,17H,6-9,15H2,1-3H3. The molecular formula is C14H22N2O. The summed E-state index contributed by atoms with van der Waals surface area (Å²) in [5.41, 5.74) is 9.68. The van der Waals surface area contributed by atoms with Crippen molar-refractivity contribution in [1.29, 1.82) is 0 Å². The molecule has 1 fully saturated rings.